The maximum atomic E-state index is 12.9. The first-order chi connectivity index (χ1) is 12.4. The van der Waals surface area contributed by atoms with Crippen molar-refractivity contribution in [2.45, 2.75) is 70.5 Å². The number of rotatable bonds is 2. The molecule has 27 heavy (non-hydrogen) atoms. The Bertz CT molecular complexity index is 877. The molecule has 9 heteroatoms. The second-order valence-corrected chi connectivity index (χ2v) is 7.95. The van der Waals surface area contributed by atoms with Crippen LogP contribution in [0.25, 0.3) is 0 Å². The summed E-state index contributed by atoms with van der Waals surface area (Å²) in [4.78, 5) is 37.3. The molecule has 3 heterocycles. The Balaban J connectivity index is 2.02. The van der Waals surface area contributed by atoms with Gasteiger partial charge in [0.25, 0.3) is 5.56 Å². The molecular formula is C18H24N2O7. The van der Waals surface area contributed by atoms with Crippen LogP contribution in [-0.4, -0.2) is 44.9 Å². The first kappa shape index (κ1) is 19.5. The Labute approximate surface area is 156 Å². The number of nitrogens with zero attached hydrogens (tertiary/aromatic N) is 2. The Morgan fingerprint density at radius 2 is 1.89 bits per heavy atom. The average Bonchev–Trinajstić information content (AvgIpc) is 2.99. The molecule has 3 rings (SSSR count). The van der Waals surface area contributed by atoms with Crippen molar-refractivity contribution in [2.24, 2.45) is 0 Å². The van der Waals surface area contributed by atoms with E-state index in [0.29, 0.717) is 4.57 Å². The molecule has 0 bridgehead atoms. The van der Waals surface area contributed by atoms with Crippen LogP contribution in [0.15, 0.2) is 34.5 Å². The average molecular weight is 380 g/mol. The SMILES string of the molecule is C=C[C@H]1O[C@@H](n2ccc(=O)n(C(=O)OC(C)(C)C)c2=O)[C@@H]2OC(C)(C)O[C@@H]21. The van der Waals surface area contributed by atoms with E-state index in [9.17, 15) is 14.4 Å². The normalized spacial score (nSPS) is 29.4. The zero-order valence-electron chi connectivity index (χ0n) is 16.0. The number of carbonyl (C=O) groups is 1. The number of fused-ring (bicyclic) bond motifs is 1. The van der Waals surface area contributed by atoms with Crippen LogP contribution < -0.4 is 11.2 Å². The summed E-state index contributed by atoms with van der Waals surface area (Å²) in [6.45, 7) is 12.2. The fourth-order valence-corrected chi connectivity index (χ4v) is 3.18. The lowest BCUT2D eigenvalue weighted by Crippen LogP contribution is -2.47. The van der Waals surface area contributed by atoms with E-state index < -0.39 is 53.3 Å². The largest absolute Gasteiger partial charge is 0.443 e. The quantitative estimate of drug-likeness (QED) is 0.715. The lowest BCUT2D eigenvalue weighted by Gasteiger charge is -2.24. The molecule has 0 radical (unpaired) electrons. The Morgan fingerprint density at radius 3 is 2.48 bits per heavy atom. The highest BCUT2D eigenvalue weighted by Gasteiger charge is 2.55. The molecule has 0 N–H and O–H groups in total. The molecule has 4 atom stereocenters. The van der Waals surface area contributed by atoms with Gasteiger partial charge in [0.2, 0.25) is 0 Å². The van der Waals surface area contributed by atoms with E-state index in [1.165, 1.54) is 6.20 Å². The van der Waals surface area contributed by atoms with Crippen molar-refractivity contribution in [1.29, 1.82) is 0 Å². The van der Waals surface area contributed by atoms with Crippen molar-refractivity contribution in [3.8, 4) is 0 Å². The smallest absolute Gasteiger partial charge is 0.425 e. The molecule has 0 saturated carbocycles. The second kappa shape index (κ2) is 6.43. The van der Waals surface area contributed by atoms with Crippen LogP contribution in [0.2, 0.25) is 0 Å². The molecule has 2 aliphatic heterocycles. The zero-order chi connectivity index (χ0) is 20.1. The summed E-state index contributed by atoms with van der Waals surface area (Å²) in [5.41, 5.74) is -2.53. The molecule has 0 aromatic carbocycles. The first-order valence-electron chi connectivity index (χ1n) is 8.65. The number of ether oxygens (including phenoxy) is 4. The van der Waals surface area contributed by atoms with E-state index in [1.807, 2.05) is 0 Å². The first-order valence-corrected chi connectivity index (χ1v) is 8.65. The predicted molar refractivity (Wildman–Crippen MR) is 94.5 cm³/mol. The molecule has 2 fully saturated rings. The minimum absolute atomic E-state index is 0.436. The summed E-state index contributed by atoms with van der Waals surface area (Å²) in [5, 5.41) is 0. The number of hydrogen-bond donors (Lipinski definition) is 0. The topological polar surface area (TPSA) is 98.0 Å². The Morgan fingerprint density at radius 1 is 1.26 bits per heavy atom. The highest BCUT2D eigenvalue weighted by atomic mass is 16.8. The minimum Gasteiger partial charge on any atom is -0.443 e. The van der Waals surface area contributed by atoms with E-state index >= 15 is 0 Å². The predicted octanol–water partition coefficient (Wildman–Crippen LogP) is 1.40. The maximum absolute atomic E-state index is 12.9. The summed E-state index contributed by atoms with van der Waals surface area (Å²) in [7, 11) is 0. The molecule has 0 unspecified atom stereocenters. The van der Waals surface area contributed by atoms with Crippen molar-refractivity contribution >= 4 is 6.09 Å². The highest BCUT2D eigenvalue weighted by molar-refractivity contribution is 5.70. The van der Waals surface area contributed by atoms with Gasteiger partial charge in [-0.3, -0.25) is 9.36 Å². The Hall–Kier alpha value is -2.23. The van der Waals surface area contributed by atoms with Crippen LogP contribution in [0, 0.1) is 0 Å². The third kappa shape index (κ3) is 3.62. The van der Waals surface area contributed by atoms with Gasteiger partial charge in [-0.05, 0) is 34.6 Å². The molecule has 1 aromatic heterocycles. The summed E-state index contributed by atoms with van der Waals surface area (Å²) < 4.78 is 24.3. The minimum atomic E-state index is -1.05. The van der Waals surface area contributed by atoms with Crippen molar-refractivity contribution in [1.82, 2.24) is 9.13 Å². The fourth-order valence-electron chi connectivity index (χ4n) is 3.18. The molecular weight excluding hydrogens is 356 g/mol. The van der Waals surface area contributed by atoms with Crippen LogP contribution in [0.1, 0.15) is 40.8 Å². The van der Waals surface area contributed by atoms with Crippen LogP contribution in [0.5, 0.6) is 0 Å². The van der Waals surface area contributed by atoms with Gasteiger partial charge in [-0.15, -0.1) is 6.58 Å². The Kier molecular flexibility index (Phi) is 4.65. The fraction of sp³-hybridized carbons (Fsp3) is 0.611. The maximum Gasteiger partial charge on any atom is 0.425 e. The number of hydrogen-bond acceptors (Lipinski definition) is 7. The van der Waals surface area contributed by atoms with Gasteiger partial charge in [-0.1, -0.05) is 6.08 Å². The van der Waals surface area contributed by atoms with E-state index in [0.717, 1.165) is 10.6 Å². The van der Waals surface area contributed by atoms with Gasteiger partial charge in [-0.2, -0.15) is 4.57 Å². The third-order valence-corrected chi connectivity index (χ3v) is 4.16. The van der Waals surface area contributed by atoms with Gasteiger partial charge in [0.05, 0.1) is 0 Å². The van der Waals surface area contributed by atoms with E-state index in [4.69, 9.17) is 18.9 Å². The van der Waals surface area contributed by atoms with Gasteiger partial charge in [-0.25, -0.2) is 9.59 Å². The molecule has 9 nitrogen and oxygen atoms in total. The van der Waals surface area contributed by atoms with Crippen LogP contribution in [-0.2, 0) is 18.9 Å². The summed E-state index contributed by atoms with van der Waals surface area (Å²) in [6.07, 6.45) is -0.672. The lowest BCUT2D eigenvalue weighted by atomic mass is 10.1. The van der Waals surface area contributed by atoms with Crippen molar-refractivity contribution in [3.63, 3.8) is 0 Å². The molecule has 0 aliphatic carbocycles. The number of aromatic nitrogens is 2. The zero-order valence-corrected chi connectivity index (χ0v) is 16.0. The van der Waals surface area contributed by atoms with Gasteiger partial charge in [0.1, 0.15) is 23.9 Å². The van der Waals surface area contributed by atoms with E-state index in [1.54, 1.807) is 40.7 Å². The number of carbonyl (C=O) groups excluding carboxylic acids is 1. The van der Waals surface area contributed by atoms with E-state index in [-0.39, 0.29) is 0 Å². The third-order valence-electron chi connectivity index (χ3n) is 4.16. The van der Waals surface area contributed by atoms with Crippen molar-refractivity contribution in [2.75, 3.05) is 0 Å². The molecule has 1 aromatic rings. The molecule has 2 saturated heterocycles. The summed E-state index contributed by atoms with van der Waals surface area (Å²) in [6, 6.07) is 1.10. The molecule has 148 valence electrons. The summed E-state index contributed by atoms with van der Waals surface area (Å²) in [5.74, 6) is -0.859. The van der Waals surface area contributed by atoms with Crippen LogP contribution in [0.4, 0.5) is 4.79 Å². The second-order valence-electron chi connectivity index (χ2n) is 7.95. The standard InChI is InChI=1S/C18H24N2O7/c1-7-10-12-13(26-18(5,6)25-12)14(24-10)19-9-8-11(21)20(15(19)22)16(23)27-17(2,3)4/h7-10,12-14H,1H2,2-6H3/t10-,12-,13-,14-/m1/s1. The van der Waals surface area contributed by atoms with Gasteiger partial charge >= 0.3 is 11.8 Å². The molecule has 2 aliphatic rings. The van der Waals surface area contributed by atoms with Crippen molar-refractivity contribution < 1.29 is 23.7 Å². The summed E-state index contributed by atoms with van der Waals surface area (Å²) >= 11 is 0. The van der Waals surface area contributed by atoms with Gasteiger partial charge in [0, 0.05) is 12.3 Å². The van der Waals surface area contributed by atoms with Gasteiger partial charge in [0.15, 0.2) is 12.0 Å². The monoisotopic (exact) mass is 380 g/mol. The molecule has 0 amide bonds. The molecule has 0 spiro atoms. The highest BCUT2D eigenvalue weighted by Crippen LogP contribution is 2.42. The van der Waals surface area contributed by atoms with Crippen molar-refractivity contribution in [3.05, 3.63) is 45.8 Å². The van der Waals surface area contributed by atoms with Crippen LogP contribution >= 0.6 is 0 Å². The van der Waals surface area contributed by atoms with Gasteiger partial charge < -0.3 is 18.9 Å². The van der Waals surface area contributed by atoms with E-state index in [2.05, 4.69) is 6.58 Å². The lowest BCUT2D eigenvalue weighted by molar-refractivity contribution is -0.192. The van der Waals surface area contributed by atoms with Crippen LogP contribution in [0.3, 0.4) is 0 Å².